The molecule has 0 radical (unpaired) electrons. The molecule has 1 aliphatic heterocycles. The van der Waals surface area contributed by atoms with Crippen molar-refractivity contribution in [1.82, 2.24) is 4.90 Å². The van der Waals surface area contributed by atoms with Crippen LogP contribution in [-0.4, -0.2) is 59.2 Å². The van der Waals surface area contributed by atoms with Crippen LogP contribution in [0.15, 0.2) is 41.3 Å². The Labute approximate surface area is 174 Å². The summed E-state index contributed by atoms with van der Waals surface area (Å²) in [6.07, 6.45) is -0.148. The number of hydrogen-bond acceptors (Lipinski definition) is 6. The third-order valence-corrected chi connectivity index (χ3v) is 5.98. The van der Waals surface area contributed by atoms with E-state index in [0.717, 1.165) is 6.07 Å². The lowest BCUT2D eigenvalue weighted by molar-refractivity contribution is -0.0125. The SMILES string of the molecule is COc1cc(S(=O)(=O)Nc2ccccc2F)cc(C(=O)N2CCOC(C)C2)c1OC. The highest BCUT2D eigenvalue weighted by atomic mass is 32.2. The summed E-state index contributed by atoms with van der Waals surface area (Å²) in [6, 6.07) is 7.82. The zero-order valence-corrected chi connectivity index (χ0v) is 17.7. The van der Waals surface area contributed by atoms with Crippen molar-refractivity contribution in [3.8, 4) is 11.5 Å². The second kappa shape index (κ2) is 8.88. The summed E-state index contributed by atoms with van der Waals surface area (Å²) in [4.78, 5) is 14.4. The second-order valence-corrected chi connectivity index (χ2v) is 8.41. The lowest BCUT2D eigenvalue weighted by Gasteiger charge is -2.31. The number of carbonyl (C=O) groups is 1. The van der Waals surface area contributed by atoms with E-state index in [1.807, 2.05) is 6.92 Å². The number of ether oxygens (including phenoxy) is 3. The quantitative estimate of drug-likeness (QED) is 0.745. The van der Waals surface area contributed by atoms with E-state index in [9.17, 15) is 17.6 Å². The third-order valence-electron chi connectivity index (χ3n) is 4.64. The van der Waals surface area contributed by atoms with Crippen LogP contribution in [0.1, 0.15) is 17.3 Å². The van der Waals surface area contributed by atoms with Crippen molar-refractivity contribution in [2.45, 2.75) is 17.9 Å². The molecule has 0 aliphatic carbocycles. The number of morpholine rings is 1. The Balaban J connectivity index is 2.04. The maximum absolute atomic E-state index is 13.9. The van der Waals surface area contributed by atoms with Crippen molar-refractivity contribution in [2.24, 2.45) is 0 Å². The highest BCUT2D eigenvalue weighted by molar-refractivity contribution is 7.92. The number of nitrogens with zero attached hydrogens (tertiary/aromatic N) is 1. The number of amides is 1. The summed E-state index contributed by atoms with van der Waals surface area (Å²) < 4.78 is 58.0. The molecule has 2 aromatic rings. The number of benzene rings is 2. The number of anilines is 1. The standard InChI is InChI=1S/C20H23FN2O6S/c1-13-12-23(8-9-29-13)20(24)15-10-14(11-18(27-2)19(15)28-3)30(25,26)22-17-7-5-4-6-16(17)21/h4-7,10-11,13,22H,8-9,12H2,1-3H3. The average Bonchev–Trinajstić information content (AvgIpc) is 2.73. The molecule has 8 nitrogen and oxygen atoms in total. The summed E-state index contributed by atoms with van der Waals surface area (Å²) >= 11 is 0. The zero-order chi connectivity index (χ0) is 21.9. The van der Waals surface area contributed by atoms with Gasteiger partial charge in [-0.3, -0.25) is 9.52 Å². The molecule has 0 aromatic heterocycles. The first-order valence-electron chi connectivity index (χ1n) is 9.21. The van der Waals surface area contributed by atoms with Gasteiger partial charge in [-0.25, -0.2) is 12.8 Å². The summed E-state index contributed by atoms with van der Waals surface area (Å²) in [5.74, 6) is -0.951. The molecule has 2 aromatic carbocycles. The number of hydrogen-bond donors (Lipinski definition) is 1. The smallest absolute Gasteiger partial charge is 0.262 e. The van der Waals surface area contributed by atoms with Gasteiger partial charge in [-0.1, -0.05) is 12.1 Å². The van der Waals surface area contributed by atoms with Crippen molar-refractivity contribution in [3.63, 3.8) is 0 Å². The molecule has 1 aliphatic rings. The molecule has 1 fully saturated rings. The van der Waals surface area contributed by atoms with Crippen molar-refractivity contribution < 1.29 is 31.8 Å². The average molecular weight is 438 g/mol. The van der Waals surface area contributed by atoms with Gasteiger partial charge in [-0.15, -0.1) is 0 Å². The first-order valence-corrected chi connectivity index (χ1v) is 10.7. The number of rotatable bonds is 6. The van der Waals surface area contributed by atoms with Gasteiger partial charge < -0.3 is 19.1 Å². The number of sulfonamides is 1. The molecule has 10 heteroatoms. The first kappa shape index (κ1) is 21.8. The molecule has 0 spiro atoms. The van der Waals surface area contributed by atoms with E-state index < -0.39 is 21.7 Å². The minimum Gasteiger partial charge on any atom is -0.493 e. The van der Waals surface area contributed by atoms with Gasteiger partial charge in [0.1, 0.15) is 5.82 Å². The van der Waals surface area contributed by atoms with Gasteiger partial charge >= 0.3 is 0 Å². The van der Waals surface area contributed by atoms with Crippen LogP contribution in [0.4, 0.5) is 10.1 Å². The molecule has 30 heavy (non-hydrogen) atoms. The number of nitrogens with one attached hydrogen (secondary N) is 1. The first-order chi connectivity index (χ1) is 14.3. The largest absolute Gasteiger partial charge is 0.493 e. The Morgan fingerprint density at radius 2 is 1.97 bits per heavy atom. The molecule has 162 valence electrons. The Bertz CT molecular complexity index is 1040. The molecule has 1 heterocycles. The van der Waals surface area contributed by atoms with Gasteiger partial charge in [0.05, 0.1) is 43.1 Å². The Kier molecular flexibility index (Phi) is 6.47. The van der Waals surface area contributed by atoms with Crippen molar-refractivity contribution in [2.75, 3.05) is 38.6 Å². The molecule has 1 N–H and O–H groups in total. The monoisotopic (exact) mass is 438 g/mol. The van der Waals surface area contributed by atoms with E-state index in [1.165, 1.54) is 44.6 Å². The molecular weight excluding hydrogens is 415 g/mol. The summed E-state index contributed by atoms with van der Waals surface area (Å²) in [5, 5.41) is 0. The molecule has 1 unspecified atom stereocenters. The van der Waals surface area contributed by atoms with Crippen LogP contribution in [0.2, 0.25) is 0 Å². The van der Waals surface area contributed by atoms with Gasteiger partial charge in [0.15, 0.2) is 11.5 Å². The molecule has 0 saturated carbocycles. The normalized spacial score (nSPS) is 16.8. The minimum atomic E-state index is -4.21. The van der Waals surface area contributed by atoms with Crippen LogP contribution in [-0.2, 0) is 14.8 Å². The maximum Gasteiger partial charge on any atom is 0.262 e. The maximum atomic E-state index is 13.9. The van der Waals surface area contributed by atoms with E-state index in [1.54, 1.807) is 4.90 Å². The molecular formula is C20H23FN2O6S. The van der Waals surface area contributed by atoms with E-state index in [0.29, 0.717) is 19.7 Å². The van der Waals surface area contributed by atoms with Gasteiger partial charge in [0, 0.05) is 19.2 Å². The summed E-state index contributed by atoms with van der Waals surface area (Å²) in [7, 11) is -1.51. The second-order valence-electron chi connectivity index (χ2n) is 6.72. The Morgan fingerprint density at radius 3 is 2.60 bits per heavy atom. The van der Waals surface area contributed by atoms with E-state index >= 15 is 0 Å². The van der Waals surface area contributed by atoms with Crippen molar-refractivity contribution in [1.29, 1.82) is 0 Å². The van der Waals surface area contributed by atoms with E-state index in [4.69, 9.17) is 14.2 Å². The van der Waals surface area contributed by atoms with Gasteiger partial charge in [0.2, 0.25) is 0 Å². The van der Waals surface area contributed by atoms with Crippen molar-refractivity contribution in [3.05, 3.63) is 47.8 Å². The van der Waals surface area contributed by atoms with Gasteiger partial charge in [-0.05, 0) is 25.1 Å². The van der Waals surface area contributed by atoms with Gasteiger partial charge in [0.25, 0.3) is 15.9 Å². The highest BCUT2D eigenvalue weighted by Gasteiger charge is 2.29. The molecule has 1 amide bonds. The Morgan fingerprint density at radius 1 is 1.23 bits per heavy atom. The predicted molar refractivity (Wildman–Crippen MR) is 108 cm³/mol. The fourth-order valence-electron chi connectivity index (χ4n) is 3.17. The lowest BCUT2D eigenvalue weighted by Crippen LogP contribution is -2.44. The summed E-state index contributed by atoms with van der Waals surface area (Å²) in [6.45, 7) is 2.93. The van der Waals surface area contributed by atoms with Gasteiger partial charge in [-0.2, -0.15) is 0 Å². The minimum absolute atomic E-state index is 0.0276. The summed E-state index contributed by atoms with van der Waals surface area (Å²) in [5.41, 5.74) is -0.179. The third kappa shape index (κ3) is 4.49. The molecule has 1 atom stereocenters. The van der Waals surface area contributed by atoms with Crippen LogP contribution >= 0.6 is 0 Å². The van der Waals surface area contributed by atoms with Crippen LogP contribution in [0.3, 0.4) is 0 Å². The fourth-order valence-corrected chi connectivity index (χ4v) is 4.28. The number of methoxy groups -OCH3 is 2. The number of carbonyl (C=O) groups excluding carboxylic acids is 1. The van der Waals surface area contributed by atoms with E-state index in [2.05, 4.69) is 4.72 Å². The topological polar surface area (TPSA) is 94.2 Å². The molecule has 1 saturated heterocycles. The predicted octanol–water partition coefficient (Wildman–Crippen LogP) is 2.50. The van der Waals surface area contributed by atoms with Crippen LogP contribution in [0.25, 0.3) is 0 Å². The van der Waals surface area contributed by atoms with Crippen molar-refractivity contribution >= 4 is 21.6 Å². The number of para-hydroxylation sites is 1. The Hall–Kier alpha value is -2.85. The molecule has 3 rings (SSSR count). The lowest BCUT2D eigenvalue weighted by atomic mass is 10.1. The van der Waals surface area contributed by atoms with Crippen LogP contribution in [0, 0.1) is 5.82 Å². The van der Waals surface area contributed by atoms with Crippen LogP contribution in [0.5, 0.6) is 11.5 Å². The molecule has 0 bridgehead atoms. The zero-order valence-electron chi connectivity index (χ0n) is 16.8. The number of halogens is 1. The highest BCUT2D eigenvalue weighted by Crippen LogP contribution is 2.36. The van der Waals surface area contributed by atoms with E-state index in [-0.39, 0.29) is 33.7 Å². The van der Waals surface area contributed by atoms with Crippen LogP contribution < -0.4 is 14.2 Å². The fraction of sp³-hybridized carbons (Fsp3) is 0.350.